The molecule has 3 N–H and O–H groups in total. The zero-order valence-corrected chi connectivity index (χ0v) is 18.3. The molecule has 0 spiro atoms. The highest BCUT2D eigenvalue weighted by Gasteiger charge is 2.29. The number of carbonyl (C=O) groups excluding carboxylic acids is 2. The van der Waals surface area contributed by atoms with E-state index in [9.17, 15) is 14.4 Å². The first-order valence-electron chi connectivity index (χ1n) is 10.6. The van der Waals surface area contributed by atoms with E-state index in [1.54, 1.807) is 0 Å². The van der Waals surface area contributed by atoms with Crippen molar-refractivity contribution in [3.8, 4) is 11.1 Å². The van der Waals surface area contributed by atoms with Crippen molar-refractivity contribution >= 4 is 18.0 Å². The Bertz CT molecular complexity index is 1160. The average Bonchev–Trinajstić information content (AvgIpc) is 3.41. The molecule has 0 aliphatic heterocycles. The summed E-state index contributed by atoms with van der Waals surface area (Å²) in [6, 6.07) is 16.2. The van der Waals surface area contributed by atoms with Gasteiger partial charge in [-0.05, 0) is 29.2 Å². The van der Waals surface area contributed by atoms with Gasteiger partial charge in [-0.3, -0.25) is 9.63 Å². The van der Waals surface area contributed by atoms with Crippen LogP contribution in [0.1, 0.15) is 29.7 Å². The second-order valence-corrected chi connectivity index (χ2v) is 7.71. The Hall–Kier alpha value is -4.25. The summed E-state index contributed by atoms with van der Waals surface area (Å²) in [4.78, 5) is 39.4. The maximum Gasteiger partial charge on any atom is 0.407 e. The van der Waals surface area contributed by atoms with Gasteiger partial charge in [-0.1, -0.05) is 53.7 Å². The minimum absolute atomic E-state index is 0.0383. The van der Waals surface area contributed by atoms with Crippen molar-refractivity contribution in [1.29, 1.82) is 0 Å². The van der Waals surface area contributed by atoms with Crippen LogP contribution in [0.25, 0.3) is 11.1 Å². The van der Waals surface area contributed by atoms with Crippen LogP contribution >= 0.6 is 0 Å². The Morgan fingerprint density at radius 3 is 2.38 bits per heavy atom. The number of rotatable bonds is 9. The summed E-state index contributed by atoms with van der Waals surface area (Å²) in [5, 5.41) is 19.0. The molecule has 2 amide bonds. The monoisotopic (exact) mass is 465 g/mol. The van der Waals surface area contributed by atoms with Crippen molar-refractivity contribution in [2.75, 3.05) is 6.61 Å². The molecule has 1 unspecified atom stereocenters. The number of carboxylic acid groups (broad SMARTS) is 1. The molecule has 34 heavy (non-hydrogen) atoms. The highest BCUT2D eigenvalue weighted by atomic mass is 16.7. The van der Waals surface area contributed by atoms with Crippen LogP contribution in [0.2, 0.25) is 0 Å². The molecule has 1 aliphatic carbocycles. The molecule has 3 aromatic rings. The number of hydroxylamine groups is 1. The van der Waals surface area contributed by atoms with E-state index in [0.717, 1.165) is 22.3 Å². The van der Waals surface area contributed by atoms with Gasteiger partial charge in [0.1, 0.15) is 18.8 Å². The highest BCUT2D eigenvalue weighted by Crippen LogP contribution is 2.44. The van der Waals surface area contributed by atoms with Gasteiger partial charge in [-0.2, -0.15) is 0 Å². The summed E-state index contributed by atoms with van der Waals surface area (Å²) in [5.74, 6) is -1.85. The summed E-state index contributed by atoms with van der Waals surface area (Å²) in [6.45, 7) is 1.31. The quantitative estimate of drug-likeness (QED) is 0.406. The number of alkyl carbamates (subject to hydrolysis) is 1. The summed E-state index contributed by atoms with van der Waals surface area (Å²) < 4.78 is 6.71. The number of amides is 2. The van der Waals surface area contributed by atoms with E-state index >= 15 is 0 Å². The standard InChI is InChI=1S/C23H23N5O6/c1-14(22(30)31)34-26-21(29)12-28-11-15(25-27-28)10-24-23(32)33-13-20-18-8-4-2-6-16(18)17-7-3-5-9-19(17)20/h2-9,11,14,20H,10,12-13H2,1H3,(H,24,32)(H,26,29)(H,30,31). The first kappa shape index (κ1) is 22.9. The molecule has 1 heterocycles. The zero-order valence-electron chi connectivity index (χ0n) is 18.3. The molecular weight excluding hydrogens is 442 g/mol. The number of carboxylic acids is 1. The number of hydrogen-bond donors (Lipinski definition) is 3. The van der Waals surface area contributed by atoms with Gasteiger partial charge in [-0.25, -0.2) is 19.8 Å². The van der Waals surface area contributed by atoms with Crippen LogP contribution in [0, 0.1) is 0 Å². The summed E-state index contributed by atoms with van der Waals surface area (Å²) in [7, 11) is 0. The first-order valence-corrected chi connectivity index (χ1v) is 10.6. The third kappa shape index (κ3) is 5.21. The summed E-state index contributed by atoms with van der Waals surface area (Å²) in [6.07, 6.45) is -0.300. The Morgan fingerprint density at radius 1 is 1.09 bits per heavy atom. The van der Waals surface area contributed by atoms with Crippen molar-refractivity contribution in [2.24, 2.45) is 0 Å². The van der Waals surface area contributed by atoms with E-state index in [1.165, 1.54) is 17.8 Å². The van der Waals surface area contributed by atoms with Crippen LogP contribution in [-0.2, 0) is 32.3 Å². The molecule has 176 valence electrons. The lowest BCUT2D eigenvalue weighted by molar-refractivity contribution is -0.159. The molecule has 11 nitrogen and oxygen atoms in total. The smallest absolute Gasteiger partial charge is 0.407 e. The number of carbonyl (C=O) groups is 3. The molecule has 0 bridgehead atoms. The number of ether oxygens (including phenoxy) is 1. The highest BCUT2D eigenvalue weighted by molar-refractivity contribution is 5.79. The van der Waals surface area contributed by atoms with E-state index < -0.39 is 24.1 Å². The van der Waals surface area contributed by atoms with Crippen molar-refractivity contribution < 1.29 is 29.1 Å². The van der Waals surface area contributed by atoms with Crippen molar-refractivity contribution in [1.82, 2.24) is 25.8 Å². The molecule has 0 fully saturated rings. The van der Waals surface area contributed by atoms with Gasteiger partial charge in [0.25, 0.3) is 5.91 Å². The normalized spacial score (nSPS) is 13.0. The van der Waals surface area contributed by atoms with Crippen LogP contribution in [0.3, 0.4) is 0 Å². The second kappa shape index (κ2) is 10.1. The Balaban J connectivity index is 1.25. The lowest BCUT2D eigenvalue weighted by atomic mass is 9.98. The Labute approximate surface area is 194 Å². The lowest BCUT2D eigenvalue weighted by Gasteiger charge is -2.14. The first-order chi connectivity index (χ1) is 16.4. The minimum Gasteiger partial charge on any atom is -0.479 e. The minimum atomic E-state index is -1.21. The van der Waals surface area contributed by atoms with Crippen LogP contribution in [0.5, 0.6) is 0 Å². The summed E-state index contributed by atoms with van der Waals surface area (Å²) in [5.41, 5.74) is 7.00. The Kier molecular flexibility index (Phi) is 6.83. The van der Waals surface area contributed by atoms with E-state index in [-0.39, 0.29) is 25.6 Å². The lowest BCUT2D eigenvalue weighted by Crippen LogP contribution is -2.34. The molecule has 1 atom stereocenters. The predicted molar refractivity (Wildman–Crippen MR) is 118 cm³/mol. The van der Waals surface area contributed by atoms with Crippen LogP contribution in [0.4, 0.5) is 4.79 Å². The van der Waals surface area contributed by atoms with Gasteiger partial charge in [0.2, 0.25) is 0 Å². The second-order valence-electron chi connectivity index (χ2n) is 7.71. The maximum absolute atomic E-state index is 12.3. The largest absolute Gasteiger partial charge is 0.479 e. The fraction of sp³-hybridized carbons (Fsp3) is 0.261. The fourth-order valence-corrected chi connectivity index (χ4v) is 3.69. The molecule has 1 aliphatic rings. The summed E-state index contributed by atoms with van der Waals surface area (Å²) >= 11 is 0. The topological polar surface area (TPSA) is 145 Å². The molecule has 11 heteroatoms. The number of benzene rings is 2. The molecule has 0 saturated heterocycles. The zero-order chi connectivity index (χ0) is 24.1. The molecule has 1 aromatic heterocycles. The van der Waals surface area contributed by atoms with Gasteiger partial charge >= 0.3 is 12.1 Å². The molecular formula is C23H23N5O6. The Morgan fingerprint density at radius 2 is 1.74 bits per heavy atom. The number of aromatic nitrogens is 3. The number of aliphatic carboxylic acids is 1. The van der Waals surface area contributed by atoms with Crippen LogP contribution in [-0.4, -0.2) is 50.8 Å². The van der Waals surface area contributed by atoms with E-state index in [1.807, 2.05) is 41.9 Å². The third-order valence-electron chi connectivity index (χ3n) is 5.35. The molecule has 4 rings (SSSR count). The maximum atomic E-state index is 12.3. The van der Waals surface area contributed by atoms with Crippen molar-refractivity contribution in [2.45, 2.75) is 32.0 Å². The number of nitrogens with zero attached hydrogens (tertiary/aromatic N) is 3. The number of nitrogens with one attached hydrogen (secondary N) is 2. The van der Waals surface area contributed by atoms with E-state index in [0.29, 0.717) is 5.69 Å². The van der Waals surface area contributed by atoms with Crippen LogP contribution in [0.15, 0.2) is 54.7 Å². The molecule has 0 radical (unpaired) electrons. The number of fused-ring (bicyclic) bond motifs is 3. The molecule has 2 aromatic carbocycles. The van der Waals surface area contributed by atoms with Gasteiger partial charge < -0.3 is 15.2 Å². The van der Waals surface area contributed by atoms with Gasteiger partial charge in [-0.15, -0.1) is 5.10 Å². The van der Waals surface area contributed by atoms with E-state index in [2.05, 4.69) is 27.8 Å². The molecule has 0 saturated carbocycles. The predicted octanol–water partition coefficient (Wildman–Crippen LogP) is 1.84. The fourth-order valence-electron chi connectivity index (χ4n) is 3.69. The van der Waals surface area contributed by atoms with Crippen molar-refractivity contribution in [3.63, 3.8) is 0 Å². The van der Waals surface area contributed by atoms with Gasteiger partial charge in [0.15, 0.2) is 6.10 Å². The van der Waals surface area contributed by atoms with Gasteiger partial charge in [0, 0.05) is 5.92 Å². The van der Waals surface area contributed by atoms with Crippen LogP contribution < -0.4 is 10.8 Å². The van der Waals surface area contributed by atoms with Crippen molar-refractivity contribution in [3.05, 3.63) is 71.5 Å². The SMILES string of the molecule is CC(ONC(=O)Cn1cc(CNC(=O)OCC2c3ccccc3-c3ccccc32)nn1)C(=O)O. The average molecular weight is 465 g/mol. The van der Waals surface area contributed by atoms with Gasteiger partial charge in [0.05, 0.1) is 12.7 Å². The van der Waals surface area contributed by atoms with E-state index in [4.69, 9.17) is 14.7 Å². The number of hydrogen-bond acceptors (Lipinski definition) is 7. The third-order valence-corrected chi connectivity index (χ3v) is 5.35.